The fourth-order valence-electron chi connectivity index (χ4n) is 3.18. The fourth-order valence-corrected chi connectivity index (χ4v) is 4.11. The van der Waals surface area contributed by atoms with Crippen molar-refractivity contribution >= 4 is 21.6 Å². The molecule has 6 nitrogen and oxygen atoms in total. The van der Waals surface area contributed by atoms with Gasteiger partial charge < -0.3 is 10.1 Å². The molecule has 26 heavy (non-hydrogen) atoms. The molecule has 0 aliphatic carbocycles. The largest absolute Gasteiger partial charge is 0.381 e. The highest BCUT2D eigenvalue weighted by atomic mass is 32.2. The van der Waals surface area contributed by atoms with Crippen LogP contribution in [0.4, 0.5) is 5.69 Å². The summed E-state index contributed by atoms with van der Waals surface area (Å²) < 4.78 is 31.4. The molecule has 1 aromatic carbocycles. The number of benzene rings is 1. The molecule has 1 amide bonds. The van der Waals surface area contributed by atoms with E-state index in [4.69, 9.17) is 4.74 Å². The molecule has 0 atom stereocenters. The molecule has 1 saturated heterocycles. The van der Waals surface area contributed by atoms with Gasteiger partial charge in [0.25, 0.3) is 0 Å². The van der Waals surface area contributed by atoms with Crippen LogP contribution in [0.3, 0.4) is 0 Å². The molecule has 0 aromatic heterocycles. The van der Waals surface area contributed by atoms with Gasteiger partial charge in [-0.3, -0.25) is 9.10 Å². The molecule has 1 fully saturated rings. The van der Waals surface area contributed by atoms with Gasteiger partial charge in [0.05, 0.1) is 18.5 Å². The first-order valence-electron chi connectivity index (χ1n) is 9.03. The van der Waals surface area contributed by atoms with Crippen LogP contribution in [0.5, 0.6) is 0 Å². The average molecular weight is 383 g/mol. The Kier molecular flexibility index (Phi) is 6.69. The Morgan fingerprint density at radius 1 is 1.23 bits per heavy atom. The van der Waals surface area contributed by atoms with Crippen LogP contribution in [-0.4, -0.2) is 46.9 Å². The van der Waals surface area contributed by atoms with Crippen LogP contribution in [0.2, 0.25) is 0 Å². The van der Waals surface area contributed by atoms with Gasteiger partial charge in [0.2, 0.25) is 15.9 Å². The van der Waals surface area contributed by atoms with Crippen LogP contribution < -0.4 is 9.62 Å². The third-order valence-electron chi connectivity index (χ3n) is 4.59. The number of sulfonamides is 1. The summed E-state index contributed by atoms with van der Waals surface area (Å²) in [5.41, 5.74) is 1.44. The maximum absolute atomic E-state index is 12.4. The van der Waals surface area contributed by atoms with E-state index in [1.54, 1.807) is 0 Å². The molecule has 1 N–H and O–H groups in total. The molecule has 1 heterocycles. The van der Waals surface area contributed by atoms with E-state index in [9.17, 15) is 13.2 Å². The monoisotopic (exact) mass is 382 g/mol. The predicted molar refractivity (Wildman–Crippen MR) is 104 cm³/mol. The second-order valence-corrected chi connectivity index (χ2v) is 9.69. The number of rotatable bonds is 6. The molecular formula is C19H30N2O4S. The summed E-state index contributed by atoms with van der Waals surface area (Å²) in [6.45, 7) is 7.86. The van der Waals surface area contributed by atoms with E-state index >= 15 is 0 Å². The number of amides is 1. The van der Waals surface area contributed by atoms with Gasteiger partial charge in [-0.05, 0) is 29.9 Å². The lowest BCUT2D eigenvalue weighted by Gasteiger charge is -2.30. The number of nitrogens with one attached hydrogen (secondary N) is 1. The van der Waals surface area contributed by atoms with Crippen LogP contribution in [0, 0.1) is 5.92 Å². The molecule has 146 valence electrons. The first-order valence-corrected chi connectivity index (χ1v) is 10.9. The SMILES string of the molecule is CC(C)(C)c1ccccc1N(CCNC(=O)C1CCOCC1)S(C)(=O)=O. The van der Waals surface area contributed by atoms with Crippen LogP contribution in [0.15, 0.2) is 24.3 Å². The second-order valence-electron chi connectivity index (χ2n) is 7.78. The van der Waals surface area contributed by atoms with Gasteiger partial charge >= 0.3 is 0 Å². The Bertz CT molecular complexity index is 719. The Morgan fingerprint density at radius 3 is 2.42 bits per heavy atom. The molecule has 0 saturated carbocycles. The quantitative estimate of drug-likeness (QED) is 0.819. The van der Waals surface area contributed by atoms with Gasteiger partial charge in [0, 0.05) is 25.7 Å². The molecule has 1 aliphatic rings. The van der Waals surface area contributed by atoms with Crippen molar-refractivity contribution in [3.8, 4) is 0 Å². The molecule has 0 radical (unpaired) electrons. The Hall–Kier alpha value is -1.60. The number of hydrogen-bond acceptors (Lipinski definition) is 4. The third-order valence-corrected chi connectivity index (χ3v) is 5.77. The Morgan fingerprint density at radius 2 is 1.85 bits per heavy atom. The molecule has 1 aromatic rings. The highest BCUT2D eigenvalue weighted by Gasteiger charge is 2.26. The van der Waals surface area contributed by atoms with Crippen LogP contribution in [-0.2, 0) is 25.0 Å². The number of para-hydroxylation sites is 1. The molecule has 0 bridgehead atoms. The maximum atomic E-state index is 12.4. The first-order chi connectivity index (χ1) is 12.1. The van der Waals surface area contributed by atoms with Gasteiger partial charge in [-0.1, -0.05) is 39.0 Å². The van der Waals surface area contributed by atoms with Gasteiger partial charge in [0.15, 0.2) is 0 Å². The van der Waals surface area contributed by atoms with Crippen LogP contribution in [0.1, 0.15) is 39.2 Å². The van der Waals surface area contributed by atoms with E-state index in [0.717, 1.165) is 5.56 Å². The Balaban J connectivity index is 2.11. The minimum absolute atomic E-state index is 0.0224. The highest BCUT2D eigenvalue weighted by molar-refractivity contribution is 7.92. The predicted octanol–water partition coefficient (Wildman–Crippen LogP) is 2.29. The third kappa shape index (κ3) is 5.45. The van der Waals surface area contributed by atoms with Crippen molar-refractivity contribution in [1.29, 1.82) is 0 Å². The number of hydrogen-bond donors (Lipinski definition) is 1. The first kappa shape index (κ1) is 20.7. The van der Waals surface area contributed by atoms with Crippen molar-refractivity contribution in [2.24, 2.45) is 5.92 Å². The van der Waals surface area contributed by atoms with Crippen molar-refractivity contribution in [3.63, 3.8) is 0 Å². The van der Waals surface area contributed by atoms with Crippen molar-refractivity contribution in [1.82, 2.24) is 5.32 Å². The van der Waals surface area contributed by atoms with Gasteiger partial charge in [0.1, 0.15) is 0 Å². The lowest BCUT2D eigenvalue weighted by Crippen LogP contribution is -2.41. The van der Waals surface area contributed by atoms with E-state index in [-0.39, 0.29) is 30.3 Å². The lowest BCUT2D eigenvalue weighted by molar-refractivity contribution is -0.127. The number of anilines is 1. The maximum Gasteiger partial charge on any atom is 0.232 e. The van der Waals surface area contributed by atoms with Crippen molar-refractivity contribution < 1.29 is 17.9 Å². The molecular weight excluding hydrogens is 352 g/mol. The molecule has 0 unspecified atom stereocenters. The standard InChI is InChI=1S/C19H30N2O4S/c1-19(2,3)16-7-5-6-8-17(16)21(26(4,23)24)12-11-20-18(22)15-9-13-25-14-10-15/h5-8,15H,9-14H2,1-4H3,(H,20,22). The normalized spacial score (nSPS) is 16.3. The lowest BCUT2D eigenvalue weighted by atomic mass is 9.86. The van der Waals surface area contributed by atoms with Gasteiger partial charge in [-0.15, -0.1) is 0 Å². The van der Waals surface area contributed by atoms with Crippen LogP contribution >= 0.6 is 0 Å². The van der Waals surface area contributed by atoms with Crippen LogP contribution in [0.25, 0.3) is 0 Å². The smallest absolute Gasteiger partial charge is 0.232 e. The number of ether oxygens (including phenoxy) is 1. The van der Waals surface area contributed by atoms with Crippen molar-refractivity contribution in [2.45, 2.75) is 39.0 Å². The number of carbonyl (C=O) groups excluding carboxylic acids is 1. The summed E-state index contributed by atoms with van der Waals surface area (Å²) in [6.07, 6.45) is 2.63. The van der Waals surface area contributed by atoms with Gasteiger partial charge in [-0.25, -0.2) is 8.42 Å². The molecule has 1 aliphatic heterocycles. The minimum atomic E-state index is -3.46. The summed E-state index contributed by atoms with van der Waals surface area (Å²) in [5.74, 6) is -0.0665. The molecule has 7 heteroatoms. The minimum Gasteiger partial charge on any atom is -0.381 e. The summed E-state index contributed by atoms with van der Waals surface area (Å²) in [6, 6.07) is 7.52. The topological polar surface area (TPSA) is 75.7 Å². The fraction of sp³-hybridized carbons (Fsp3) is 0.632. The van der Waals surface area contributed by atoms with Gasteiger partial charge in [-0.2, -0.15) is 0 Å². The van der Waals surface area contributed by atoms with E-state index in [1.165, 1.54) is 10.6 Å². The molecule has 0 spiro atoms. The summed E-state index contributed by atoms with van der Waals surface area (Å²) >= 11 is 0. The number of carbonyl (C=O) groups is 1. The van der Waals surface area contributed by atoms with Crippen molar-refractivity contribution in [2.75, 3.05) is 36.9 Å². The van der Waals surface area contributed by atoms with E-state index < -0.39 is 10.0 Å². The van der Waals surface area contributed by atoms with E-state index in [2.05, 4.69) is 26.1 Å². The number of nitrogens with zero attached hydrogens (tertiary/aromatic N) is 1. The average Bonchev–Trinajstić information content (AvgIpc) is 2.57. The van der Waals surface area contributed by atoms with Crippen molar-refractivity contribution in [3.05, 3.63) is 29.8 Å². The highest BCUT2D eigenvalue weighted by Crippen LogP contribution is 2.32. The second kappa shape index (κ2) is 8.39. The zero-order valence-electron chi connectivity index (χ0n) is 16.1. The van der Waals surface area contributed by atoms with E-state index in [0.29, 0.717) is 31.7 Å². The summed E-state index contributed by atoms with van der Waals surface area (Å²) in [4.78, 5) is 12.3. The van der Waals surface area contributed by atoms with E-state index in [1.807, 2.05) is 24.3 Å². The molecule has 2 rings (SSSR count). The summed E-state index contributed by atoms with van der Waals surface area (Å²) in [5, 5.41) is 2.88. The summed E-state index contributed by atoms with van der Waals surface area (Å²) in [7, 11) is -3.46. The zero-order chi connectivity index (χ0) is 19.4. The zero-order valence-corrected chi connectivity index (χ0v) is 16.9. The Labute approximate surface area is 157 Å².